The number of carbonyl (C=O) groups excluding carboxylic acids is 1. The van der Waals surface area contributed by atoms with Gasteiger partial charge in [0.05, 0.1) is 7.11 Å². The van der Waals surface area contributed by atoms with E-state index in [-0.39, 0.29) is 16.7 Å². The molecule has 0 aliphatic heterocycles. The van der Waals surface area contributed by atoms with Crippen molar-refractivity contribution in [1.29, 1.82) is 0 Å². The molecule has 0 fully saturated rings. The molecule has 0 heterocycles. The molecule has 0 amide bonds. The smallest absolute Gasteiger partial charge is 0.305 e. The van der Waals surface area contributed by atoms with E-state index in [1.807, 2.05) is 0 Å². The van der Waals surface area contributed by atoms with Gasteiger partial charge in [0.25, 0.3) is 0 Å². The molecule has 0 aromatic heterocycles. The Morgan fingerprint density at radius 1 is 1.06 bits per heavy atom. The van der Waals surface area contributed by atoms with Gasteiger partial charge in [-0.25, -0.2) is 0 Å². The van der Waals surface area contributed by atoms with Gasteiger partial charge < -0.3 is 4.74 Å². The van der Waals surface area contributed by atoms with Crippen molar-refractivity contribution in [3.8, 4) is 0 Å². The molecule has 0 aromatic carbocycles. The standard InChI is InChI=1S/C13H24Cl2O2/c1-3-4-8-11(14)12(15)9-6-5-7-10-13(16)17-2/h11-12H,3-10H2,1-2H3. The predicted molar refractivity (Wildman–Crippen MR) is 73.9 cm³/mol. The number of esters is 1. The molecule has 0 N–H and O–H groups in total. The van der Waals surface area contributed by atoms with Crippen molar-refractivity contribution in [2.75, 3.05) is 7.11 Å². The molecule has 0 saturated carbocycles. The van der Waals surface area contributed by atoms with E-state index >= 15 is 0 Å². The molecule has 0 saturated heterocycles. The van der Waals surface area contributed by atoms with Gasteiger partial charge in [-0.15, -0.1) is 23.2 Å². The van der Waals surface area contributed by atoms with E-state index in [9.17, 15) is 4.79 Å². The first-order valence-corrected chi connectivity index (χ1v) is 7.34. The zero-order valence-corrected chi connectivity index (χ0v) is 12.4. The van der Waals surface area contributed by atoms with Gasteiger partial charge in [0.15, 0.2) is 0 Å². The van der Waals surface area contributed by atoms with E-state index in [1.165, 1.54) is 7.11 Å². The van der Waals surface area contributed by atoms with Gasteiger partial charge in [0.2, 0.25) is 0 Å². The van der Waals surface area contributed by atoms with Crippen LogP contribution in [0.2, 0.25) is 0 Å². The zero-order chi connectivity index (χ0) is 13.1. The fraction of sp³-hybridized carbons (Fsp3) is 0.923. The van der Waals surface area contributed by atoms with Crippen molar-refractivity contribution in [1.82, 2.24) is 0 Å². The molecule has 102 valence electrons. The van der Waals surface area contributed by atoms with E-state index in [1.54, 1.807) is 0 Å². The Kier molecular flexibility index (Phi) is 11.2. The maximum Gasteiger partial charge on any atom is 0.305 e. The van der Waals surface area contributed by atoms with Crippen LogP contribution in [-0.2, 0) is 9.53 Å². The molecule has 2 atom stereocenters. The van der Waals surface area contributed by atoms with Gasteiger partial charge in [0, 0.05) is 17.2 Å². The van der Waals surface area contributed by atoms with Crippen LogP contribution in [0, 0.1) is 0 Å². The number of methoxy groups -OCH3 is 1. The third-order valence-electron chi connectivity index (χ3n) is 2.81. The molecule has 17 heavy (non-hydrogen) atoms. The lowest BCUT2D eigenvalue weighted by Crippen LogP contribution is -2.14. The molecule has 0 radical (unpaired) electrons. The molecule has 0 spiro atoms. The molecule has 0 rings (SSSR count). The Labute approximate surface area is 115 Å². The second kappa shape index (κ2) is 11.2. The monoisotopic (exact) mass is 282 g/mol. The highest BCUT2D eigenvalue weighted by atomic mass is 35.5. The minimum atomic E-state index is -0.134. The van der Waals surface area contributed by atoms with Crippen LogP contribution in [0.4, 0.5) is 0 Å². The molecule has 0 bridgehead atoms. The highest BCUT2D eigenvalue weighted by Gasteiger charge is 2.15. The Morgan fingerprint density at radius 3 is 2.18 bits per heavy atom. The molecule has 4 heteroatoms. The lowest BCUT2D eigenvalue weighted by atomic mass is 10.1. The van der Waals surface area contributed by atoms with Crippen LogP contribution >= 0.6 is 23.2 Å². The first kappa shape index (κ1) is 17.1. The average Bonchev–Trinajstić information content (AvgIpc) is 2.34. The number of ether oxygens (including phenoxy) is 1. The highest BCUT2D eigenvalue weighted by Crippen LogP contribution is 2.21. The third-order valence-corrected chi connectivity index (χ3v) is 3.99. The van der Waals surface area contributed by atoms with Crippen LogP contribution in [0.1, 0.15) is 58.3 Å². The summed E-state index contributed by atoms with van der Waals surface area (Å²) < 4.78 is 4.57. The van der Waals surface area contributed by atoms with Crippen molar-refractivity contribution in [3.63, 3.8) is 0 Å². The molecule has 2 unspecified atom stereocenters. The topological polar surface area (TPSA) is 26.3 Å². The van der Waals surface area contributed by atoms with Gasteiger partial charge in [0.1, 0.15) is 0 Å². The number of rotatable bonds is 10. The summed E-state index contributed by atoms with van der Waals surface area (Å²) in [6.07, 6.45) is 7.64. The van der Waals surface area contributed by atoms with Gasteiger partial charge in [-0.3, -0.25) is 4.79 Å². The van der Waals surface area contributed by atoms with Gasteiger partial charge >= 0.3 is 5.97 Å². The fourth-order valence-corrected chi connectivity index (χ4v) is 2.21. The van der Waals surface area contributed by atoms with E-state index in [0.29, 0.717) is 6.42 Å². The van der Waals surface area contributed by atoms with Gasteiger partial charge in [-0.05, 0) is 19.3 Å². The minimum Gasteiger partial charge on any atom is -0.469 e. The molecule has 0 aliphatic rings. The van der Waals surface area contributed by atoms with Crippen LogP contribution in [0.25, 0.3) is 0 Å². The van der Waals surface area contributed by atoms with Crippen LogP contribution in [-0.4, -0.2) is 23.8 Å². The summed E-state index contributed by atoms with van der Waals surface area (Å²) in [4.78, 5) is 10.9. The number of unbranched alkanes of at least 4 members (excludes halogenated alkanes) is 3. The second-order valence-corrected chi connectivity index (χ2v) is 5.47. The summed E-state index contributed by atoms with van der Waals surface area (Å²) in [5.74, 6) is -0.134. The molecular formula is C13H24Cl2O2. The maximum atomic E-state index is 10.9. The summed E-state index contributed by atoms with van der Waals surface area (Å²) in [5.41, 5.74) is 0. The first-order valence-electron chi connectivity index (χ1n) is 6.46. The van der Waals surface area contributed by atoms with E-state index in [4.69, 9.17) is 23.2 Å². The van der Waals surface area contributed by atoms with Gasteiger partial charge in [-0.2, -0.15) is 0 Å². The molecule has 0 aliphatic carbocycles. The average molecular weight is 283 g/mol. The van der Waals surface area contributed by atoms with Crippen LogP contribution in [0.3, 0.4) is 0 Å². The lowest BCUT2D eigenvalue weighted by Gasteiger charge is -2.15. The minimum absolute atomic E-state index is 0.0568. The Hall–Kier alpha value is 0.0500. The quantitative estimate of drug-likeness (QED) is 0.335. The van der Waals surface area contributed by atoms with Crippen molar-refractivity contribution in [2.45, 2.75) is 69.0 Å². The summed E-state index contributed by atoms with van der Waals surface area (Å²) in [6.45, 7) is 2.15. The van der Waals surface area contributed by atoms with Gasteiger partial charge in [-0.1, -0.05) is 32.6 Å². The second-order valence-electron chi connectivity index (χ2n) is 4.35. The maximum absolute atomic E-state index is 10.9. The Morgan fingerprint density at radius 2 is 1.65 bits per heavy atom. The zero-order valence-electron chi connectivity index (χ0n) is 10.9. The summed E-state index contributed by atoms with van der Waals surface area (Å²) in [7, 11) is 1.42. The normalized spacial score (nSPS) is 14.4. The summed E-state index contributed by atoms with van der Waals surface area (Å²) in [6, 6.07) is 0. The number of hydrogen-bond acceptors (Lipinski definition) is 2. The lowest BCUT2D eigenvalue weighted by molar-refractivity contribution is -0.140. The molecule has 0 aromatic rings. The fourth-order valence-electron chi connectivity index (χ4n) is 1.65. The predicted octanol–water partition coefficient (Wildman–Crippen LogP) is 4.51. The van der Waals surface area contributed by atoms with Crippen LogP contribution in [0.15, 0.2) is 0 Å². The summed E-state index contributed by atoms with van der Waals surface area (Å²) in [5, 5.41) is 0.138. The van der Waals surface area contributed by atoms with Crippen molar-refractivity contribution in [3.05, 3.63) is 0 Å². The number of halogens is 2. The van der Waals surface area contributed by atoms with E-state index in [2.05, 4.69) is 11.7 Å². The summed E-state index contributed by atoms with van der Waals surface area (Å²) >= 11 is 12.4. The van der Waals surface area contributed by atoms with Crippen molar-refractivity contribution in [2.24, 2.45) is 0 Å². The first-order chi connectivity index (χ1) is 8.11. The van der Waals surface area contributed by atoms with E-state index < -0.39 is 0 Å². The highest BCUT2D eigenvalue weighted by molar-refractivity contribution is 6.29. The molecule has 2 nitrogen and oxygen atoms in total. The largest absolute Gasteiger partial charge is 0.469 e. The van der Waals surface area contributed by atoms with Crippen LogP contribution in [0.5, 0.6) is 0 Å². The molecular weight excluding hydrogens is 259 g/mol. The number of hydrogen-bond donors (Lipinski definition) is 0. The third kappa shape index (κ3) is 9.72. The number of carbonyl (C=O) groups is 1. The van der Waals surface area contributed by atoms with Crippen LogP contribution < -0.4 is 0 Å². The van der Waals surface area contributed by atoms with Crippen molar-refractivity contribution < 1.29 is 9.53 Å². The number of alkyl halides is 2. The Bertz CT molecular complexity index is 198. The SMILES string of the molecule is CCCCC(Cl)C(Cl)CCCCCC(=O)OC. The van der Waals surface area contributed by atoms with E-state index in [0.717, 1.165) is 44.9 Å². The van der Waals surface area contributed by atoms with Crippen molar-refractivity contribution >= 4 is 29.2 Å². The Balaban J connectivity index is 3.43.